The van der Waals surface area contributed by atoms with Gasteiger partial charge in [0.2, 0.25) is 5.91 Å². The molecule has 142 valence electrons. The molecule has 0 aliphatic rings. The fourth-order valence-electron chi connectivity index (χ4n) is 2.08. The number of carbonyl (C=O) groups excluding carboxylic acids is 1. The molecule has 1 unspecified atom stereocenters. The van der Waals surface area contributed by atoms with Crippen molar-refractivity contribution in [3.63, 3.8) is 0 Å². The highest BCUT2D eigenvalue weighted by Crippen LogP contribution is 2.13. The van der Waals surface area contributed by atoms with Crippen molar-refractivity contribution in [2.24, 2.45) is 10.4 Å². The number of aliphatic hydroxyl groups is 1. The summed E-state index contributed by atoms with van der Waals surface area (Å²) < 4.78 is 0. The second kappa shape index (κ2) is 12.1. The van der Waals surface area contributed by atoms with Crippen LogP contribution in [0.5, 0.6) is 0 Å². The molecule has 7 heteroatoms. The van der Waals surface area contributed by atoms with Gasteiger partial charge in [-0.3, -0.25) is 9.79 Å². The summed E-state index contributed by atoms with van der Waals surface area (Å²) in [6.07, 6.45) is 0. The van der Waals surface area contributed by atoms with Crippen molar-refractivity contribution in [3.8, 4) is 0 Å². The summed E-state index contributed by atoms with van der Waals surface area (Å²) >= 11 is 0. The van der Waals surface area contributed by atoms with Gasteiger partial charge in [-0.2, -0.15) is 0 Å². The van der Waals surface area contributed by atoms with Gasteiger partial charge in [0.1, 0.15) is 0 Å². The van der Waals surface area contributed by atoms with E-state index in [2.05, 4.69) is 20.9 Å². The van der Waals surface area contributed by atoms with E-state index >= 15 is 0 Å². The minimum absolute atomic E-state index is 0. The molecule has 0 bridgehead atoms. The van der Waals surface area contributed by atoms with Gasteiger partial charge >= 0.3 is 0 Å². The SMILES string of the molecule is CN=C(NCCNC(=O)C(C)(C)C)NCC(CO)c1ccccc1.I. The van der Waals surface area contributed by atoms with Gasteiger partial charge in [-0.1, -0.05) is 51.1 Å². The number of hydrogen-bond acceptors (Lipinski definition) is 3. The van der Waals surface area contributed by atoms with E-state index in [-0.39, 0.29) is 47.8 Å². The van der Waals surface area contributed by atoms with Crippen molar-refractivity contribution in [1.29, 1.82) is 0 Å². The van der Waals surface area contributed by atoms with Crippen LogP contribution in [0.4, 0.5) is 0 Å². The van der Waals surface area contributed by atoms with Crippen LogP contribution in [-0.4, -0.2) is 50.3 Å². The van der Waals surface area contributed by atoms with Gasteiger partial charge in [0, 0.05) is 38.0 Å². The van der Waals surface area contributed by atoms with Crippen LogP contribution < -0.4 is 16.0 Å². The minimum atomic E-state index is -0.385. The lowest BCUT2D eigenvalue weighted by Crippen LogP contribution is -2.44. The number of aliphatic hydroxyl groups excluding tert-OH is 1. The number of rotatable bonds is 7. The molecule has 6 nitrogen and oxygen atoms in total. The summed E-state index contributed by atoms with van der Waals surface area (Å²) in [6, 6.07) is 9.88. The zero-order valence-corrected chi connectivity index (χ0v) is 17.8. The molecule has 1 amide bonds. The Bertz CT molecular complexity index is 530. The number of nitrogens with zero attached hydrogens (tertiary/aromatic N) is 1. The Morgan fingerprint density at radius 2 is 1.72 bits per heavy atom. The van der Waals surface area contributed by atoms with Crippen molar-refractivity contribution >= 4 is 35.8 Å². The molecular weight excluding hydrogens is 431 g/mol. The van der Waals surface area contributed by atoms with Crippen molar-refractivity contribution in [2.75, 3.05) is 33.3 Å². The Balaban J connectivity index is 0.00000576. The molecule has 0 spiro atoms. The summed E-state index contributed by atoms with van der Waals surface area (Å²) in [5, 5.41) is 18.8. The lowest BCUT2D eigenvalue weighted by atomic mass is 9.96. The smallest absolute Gasteiger partial charge is 0.225 e. The van der Waals surface area contributed by atoms with Gasteiger partial charge in [0.15, 0.2) is 5.96 Å². The van der Waals surface area contributed by atoms with Gasteiger partial charge < -0.3 is 21.1 Å². The van der Waals surface area contributed by atoms with E-state index in [9.17, 15) is 9.90 Å². The predicted octanol–water partition coefficient (Wildman–Crippen LogP) is 1.71. The average molecular weight is 462 g/mol. The molecular formula is C18H31IN4O2. The van der Waals surface area contributed by atoms with Gasteiger partial charge in [-0.25, -0.2) is 0 Å². The summed E-state index contributed by atoms with van der Waals surface area (Å²) in [7, 11) is 1.69. The highest BCUT2D eigenvalue weighted by molar-refractivity contribution is 14.0. The zero-order chi connectivity index (χ0) is 18.0. The molecule has 25 heavy (non-hydrogen) atoms. The number of benzene rings is 1. The highest BCUT2D eigenvalue weighted by atomic mass is 127. The van der Waals surface area contributed by atoms with E-state index in [4.69, 9.17) is 0 Å². The monoisotopic (exact) mass is 462 g/mol. The molecule has 0 aliphatic heterocycles. The number of aliphatic imine (C=N–C) groups is 1. The summed E-state index contributed by atoms with van der Waals surface area (Å²) in [4.78, 5) is 15.9. The van der Waals surface area contributed by atoms with Crippen LogP contribution in [0.15, 0.2) is 35.3 Å². The first-order chi connectivity index (χ1) is 11.4. The first kappa shape index (κ1) is 23.6. The third kappa shape index (κ3) is 9.06. The Kier molecular flexibility index (Phi) is 11.4. The second-order valence-electron chi connectivity index (χ2n) is 6.68. The van der Waals surface area contributed by atoms with Gasteiger partial charge in [0.25, 0.3) is 0 Å². The van der Waals surface area contributed by atoms with Gasteiger partial charge in [0.05, 0.1) is 6.61 Å². The lowest BCUT2D eigenvalue weighted by molar-refractivity contribution is -0.128. The van der Waals surface area contributed by atoms with Crippen LogP contribution in [-0.2, 0) is 4.79 Å². The quantitative estimate of drug-likeness (QED) is 0.215. The van der Waals surface area contributed by atoms with Crippen molar-refractivity contribution < 1.29 is 9.90 Å². The molecule has 1 rings (SSSR count). The predicted molar refractivity (Wildman–Crippen MR) is 114 cm³/mol. The van der Waals surface area contributed by atoms with E-state index in [1.165, 1.54) is 0 Å². The number of halogens is 1. The largest absolute Gasteiger partial charge is 0.396 e. The van der Waals surface area contributed by atoms with Crippen LogP contribution in [0.1, 0.15) is 32.3 Å². The third-order valence-electron chi connectivity index (χ3n) is 3.62. The average Bonchev–Trinajstić information content (AvgIpc) is 2.57. The maximum Gasteiger partial charge on any atom is 0.225 e. The number of carbonyl (C=O) groups is 1. The van der Waals surface area contributed by atoms with Crippen LogP contribution in [0, 0.1) is 5.41 Å². The maximum atomic E-state index is 11.8. The zero-order valence-electron chi connectivity index (χ0n) is 15.5. The normalized spacial score (nSPS) is 12.8. The van der Waals surface area contributed by atoms with Crippen molar-refractivity contribution in [2.45, 2.75) is 26.7 Å². The van der Waals surface area contributed by atoms with Crippen LogP contribution in [0.25, 0.3) is 0 Å². The topological polar surface area (TPSA) is 85.8 Å². The molecule has 0 heterocycles. The first-order valence-corrected chi connectivity index (χ1v) is 8.27. The van der Waals surface area contributed by atoms with E-state index in [1.54, 1.807) is 7.05 Å². The van der Waals surface area contributed by atoms with Crippen LogP contribution in [0.2, 0.25) is 0 Å². The Labute approximate surface area is 167 Å². The number of nitrogens with one attached hydrogen (secondary N) is 3. The number of amides is 1. The van der Waals surface area contributed by atoms with Crippen molar-refractivity contribution in [3.05, 3.63) is 35.9 Å². The van der Waals surface area contributed by atoms with E-state index < -0.39 is 0 Å². The van der Waals surface area contributed by atoms with Gasteiger partial charge in [-0.15, -0.1) is 24.0 Å². The highest BCUT2D eigenvalue weighted by Gasteiger charge is 2.20. The van der Waals surface area contributed by atoms with Crippen molar-refractivity contribution in [1.82, 2.24) is 16.0 Å². The molecule has 1 aromatic carbocycles. The molecule has 0 aromatic heterocycles. The van der Waals surface area contributed by atoms with Gasteiger partial charge in [-0.05, 0) is 5.56 Å². The number of guanidine groups is 1. The Morgan fingerprint density at radius 3 is 2.24 bits per heavy atom. The fraction of sp³-hybridized carbons (Fsp3) is 0.556. The summed E-state index contributed by atoms with van der Waals surface area (Å²) in [5.74, 6) is 0.677. The molecule has 0 radical (unpaired) electrons. The number of hydrogen-bond donors (Lipinski definition) is 4. The molecule has 1 atom stereocenters. The van der Waals surface area contributed by atoms with E-state index in [0.29, 0.717) is 25.6 Å². The lowest BCUT2D eigenvalue weighted by Gasteiger charge is -2.19. The molecule has 0 fully saturated rings. The molecule has 4 N–H and O–H groups in total. The summed E-state index contributed by atoms with van der Waals surface area (Å²) in [6.45, 7) is 7.40. The molecule has 0 saturated carbocycles. The Hall–Kier alpha value is -1.35. The summed E-state index contributed by atoms with van der Waals surface area (Å²) in [5.41, 5.74) is 0.699. The third-order valence-corrected chi connectivity index (χ3v) is 3.62. The molecule has 0 aliphatic carbocycles. The van der Waals surface area contributed by atoms with Crippen LogP contribution in [0.3, 0.4) is 0 Å². The Morgan fingerprint density at radius 1 is 1.12 bits per heavy atom. The molecule has 0 saturated heterocycles. The van der Waals surface area contributed by atoms with E-state index in [0.717, 1.165) is 5.56 Å². The second-order valence-corrected chi connectivity index (χ2v) is 6.68. The van der Waals surface area contributed by atoms with E-state index in [1.807, 2.05) is 51.1 Å². The maximum absolute atomic E-state index is 11.8. The standard InChI is InChI=1S/C18H30N4O2.HI/c1-18(2,3)16(24)20-10-11-21-17(19-4)22-12-15(13-23)14-8-6-5-7-9-14;/h5-9,15,23H,10-13H2,1-4H3,(H,20,24)(H2,19,21,22);1H. The molecule has 1 aromatic rings. The van der Waals surface area contributed by atoms with Crippen LogP contribution >= 0.6 is 24.0 Å². The fourth-order valence-corrected chi connectivity index (χ4v) is 2.08. The minimum Gasteiger partial charge on any atom is -0.396 e. The first-order valence-electron chi connectivity index (χ1n) is 8.27.